The molecule has 13 heavy (non-hydrogen) atoms. The van der Waals surface area contributed by atoms with E-state index in [1.54, 1.807) is 0 Å². The first-order valence-electron chi connectivity index (χ1n) is 4.44. The molecule has 1 atom stereocenters. The van der Waals surface area contributed by atoms with Gasteiger partial charge in [0.05, 0.1) is 0 Å². The van der Waals surface area contributed by atoms with E-state index in [2.05, 4.69) is 12.2 Å². The van der Waals surface area contributed by atoms with Crippen LogP contribution in [-0.2, 0) is 6.54 Å². The molecule has 1 heterocycles. The number of aryl methyl sites for hydroxylation is 1. The lowest BCUT2D eigenvalue weighted by Gasteiger charge is -2.11. The van der Waals surface area contributed by atoms with Crippen LogP contribution in [0.1, 0.15) is 12.6 Å². The first kappa shape index (κ1) is 10.5. The number of hydrogen-bond donors (Lipinski definition) is 1. The molecule has 0 saturated carbocycles. The molecular weight excluding hydrogens is 184 g/mol. The highest BCUT2D eigenvalue weighted by Crippen LogP contribution is 2.03. The molecule has 0 aromatic carbocycles. The second-order valence-electron chi connectivity index (χ2n) is 3.42. The lowest BCUT2D eigenvalue weighted by molar-refractivity contribution is 0.453. The van der Waals surface area contributed by atoms with Gasteiger partial charge in [0, 0.05) is 17.6 Å². The van der Waals surface area contributed by atoms with Crippen LogP contribution in [0.25, 0.3) is 0 Å². The van der Waals surface area contributed by atoms with Gasteiger partial charge in [-0.25, -0.2) is 0 Å². The number of hydrogen-bond acceptors (Lipinski definition) is 3. The fourth-order valence-electron chi connectivity index (χ4n) is 1.35. The summed E-state index contributed by atoms with van der Waals surface area (Å²) in [6.07, 6.45) is 0. The maximum atomic E-state index is 11.3. The molecule has 0 amide bonds. The van der Waals surface area contributed by atoms with Crippen molar-refractivity contribution in [2.24, 2.45) is 5.92 Å². The highest BCUT2D eigenvalue weighted by atomic mass is 32.1. The molecule has 4 heteroatoms. The minimum absolute atomic E-state index is 0.153. The minimum atomic E-state index is 0.153. The van der Waals surface area contributed by atoms with Gasteiger partial charge in [-0.1, -0.05) is 18.3 Å². The Morgan fingerprint density at radius 2 is 2.38 bits per heavy atom. The first-order chi connectivity index (χ1) is 6.15. The van der Waals surface area contributed by atoms with Crippen molar-refractivity contribution in [1.29, 1.82) is 0 Å². The molecule has 1 N–H and O–H groups in total. The average Bonchev–Trinajstić information content (AvgIpc) is 2.36. The number of nitrogens with zero attached hydrogens (tertiary/aromatic N) is 1. The molecule has 0 aliphatic rings. The average molecular weight is 200 g/mol. The van der Waals surface area contributed by atoms with Gasteiger partial charge in [0.15, 0.2) is 0 Å². The van der Waals surface area contributed by atoms with Crippen LogP contribution in [0, 0.1) is 12.8 Å². The van der Waals surface area contributed by atoms with Gasteiger partial charge in [-0.2, -0.15) is 0 Å². The second kappa shape index (κ2) is 4.58. The first-order valence-corrected chi connectivity index (χ1v) is 5.32. The molecule has 0 spiro atoms. The molecule has 0 bridgehead atoms. The van der Waals surface area contributed by atoms with Crippen LogP contribution in [0.3, 0.4) is 0 Å². The third-order valence-corrected chi connectivity index (χ3v) is 2.90. The zero-order valence-electron chi connectivity index (χ0n) is 8.33. The molecule has 0 saturated heterocycles. The summed E-state index contributed by atoms with van der Waals surface area (Å²) in [6, 6.07) is 0. The van der Waals surface area contributed by atoms with Crippen molar-refractivity contribution in [3.63, 3.8) is 0 Å². The SMILES string of the molecule is CNCC(C)Cn1c(C)csc1=O. The molecule has 1 unspecified atom stereocenters. The van der Waals surface area contributed by atoms with E-state index in [9.17, 15) is 4.79 Å². The molecule has 1 aromatic rings. The predicted molar refractivity (Wildman–Crippen MR) is 56.4 cm³/mol. The standard InChI is InChI=1S/C9H16N2OS/c1-7(4-10-3)5-11-8(2)6-13-9(11)12/h6-7,10H,4-5H2,1-3H3. The fraction of sp³-hybridized carbons (Fsp3) is 0.667. The summed E-state index contributed by atoms with van der Waals surface area (Å²) in [5.74, 6) is 0.496. The Balaban J connectivity index is 2.68. The van der Waals surface area contributed by atoms with Gasteiger partial charge in [0.2, 0.25) is 0 Å². The van der Waals surface area contributed by atoms with E-state index in [0.29, 0.717) is 5.92 Å². The highest BCUT2D eigenvalue weighted by Gasteiger charge is 2.06. The highest BCUT2D eigenvalue weighted by molar-refractivity contribution is 7.07. The maximum absolute atomic E-state index is 11.3. The lowest BCUT2D eigenvalue weighted by Crippen LogP contribution is -2.25. The van der Waals surface area contributed by atoms with Gasteiger partial charge in [-0.3, -0.25) is 4.79 Å². The minimum Gasteiger partial charge on any atom is -0.319 e. The van der Waals surface area contributed by atoms with Crippen molar-refractivity contribution in [1.82, 2.24) is 9.88 Å². The molecular formula is C9H16N2OS. The van der Waals surface area contributed by atoms with Crippen molar-refractivity contribution < 1.29 is 0 Å². The third-order valence-electron chi connectivity index (χ3n) is 2.02. The van der Waals surface area contributed by atoms with Crippen molar-refractivity contribution in [3.05, 3.63) is 20.7 Å². The quantitative estimate of drug-likeness (QED) is 0.789. The Labute approximate surface area is 82.4 Å². The monoisotopic (exact) mass is 200 g/mol. The Morgan fingerprint density at radius 1 is 1.69 bits per heavy atom. The molecule has 0 radical (unpaired) electrons. The van der Waals surface area contributed by atoms with Crippen LogP contribution < -0.4 is 10.2 Å². The topological polar surface area (TPSA) is 34.0 Å². The van der Waals surface area contributed by atoms with Crippen LogP contribution in [0.5, 0.6) is 0 Å². The smallest absolute Gasteiger partial charge is 0.307 e. The van der Waals surface area contributed by atoms with Crippen LogP contribution in [-0.4, -0.2) is 18.2 Å². The van der Waals surface area contributed by atoms with Gasteiger partial charge >= 0.3 is 4.87 Å². The number of aromatic nitrogens is 1. The number of rotatable bonds is 4. The molecule has 1 rings (SSSR count). The largest absolute Gasteiger partial charge is 0.319 e. The fourth-order valence-corrected chi connectivity index (χ4v) is 2.09. The molecule has 0 fully saturated rings. The Hall–Kier alpha value is -0.610. The molecule has 3 nitrogen and oxygen atoms in total. The summed E-state index contributed by atoms with van der Waals surface area (Å²) >= 11 is 1.28. The maximum Gasteiger partial charge on any atom is 0.307 e. The Morgan fingerprint density at radius 3 is 2.85 bits per heavy atom. The summed E-state index contributed by atoms with van der Waals surface area (Å²) in [4.78, 5) is 11.5. The van der Waals surface area contributed by atoms with Gasteiger partial charge < -0.3 is 9.88 Å². The van der Waals surface area contributed by atoms with E-state index in [0.717, 1.165) is 18.8 Å². The number of thiazole rings is 1. The van der Waals surface area contributed by atoms with Gasteiger partial charge in [0.1, 0.15) is 0 Å². The number of nitrogens with one attached hydrogen (secondary N) is 1. The zero-order chi connectivity index (χ0) is 9.84. The van der Waals surface area contributed by atoms with E-state index in [1.807, 2.05) is 23.9 Å². The summed E-state index contributed by atoms with van der Waals surface area (Å²) in [5.41, 5.74) is 1.07. The normalized spacial score (nSPS) is 13.2. The van der Waals surface area contributed by atoms with Crippen molar-refractivity contribution >= 4 is 11.3 Å². The molecule has 0 aliphatic carbocycles. The molecule has 74 valence electrons. The van der Waals surface area contributed by atoms with E-state index in [4.69, 9.17) is 0 Å². The van der Waals surface area contributed by atoms with E-state index in [1.165, 1.54) is 11.3 Å². The van der Waals surface area contributed by atoms with Crippen LogP contribution >= 0.6 is 11.3 Å². The summed E-state index contributed by atoms with van der Waals surface area (Å²) < 4.78 is 1.84. The zero-order valence-corrected chi connectivity index (χ0v) is 9.15. The van der Waals surface area contributed by atoms with E-state index in [-0.39, 0.29) is 4.87 Å². The van der Waals surface area contributed by atoms with Gasteiger partial charge in [-0.05, 0) is 26.4 Å². The summed E-state index contributed by atoms with van der Waals surface area (Å²) in [7, 11) is 1.93. The van der Waals surface area contributed by atoms with Crippen molar-refractivity contribution in [2.45, 2.75) is 20.4 Å². The molecule has 1 aromatic heterocycles. The lowest BCUT2D eigenvalue weighted by atomic mass is 10.2. The van der Waals surface area contributed by atoms with E-state index >= 15 is 0 Å². The summed E-state index contributed by atoms with van der Waals surface area (Å²) in [6.45, 7) is 5.88. The van der Waals surface area contributed by atoms with Crippen LogP contribution in [0.15, 0.2) is 10.2 Å². The van der Waals surface area contributed by atoms with Gasteiger partial charge in [0.25, 0.3) is 0 Å². The Kier molecular flexibility index (Phi) is 3.69. The molecule has 0 aliphatic heterocycles. The van der Waals surface area contributed by atoms with Crippen LogP contribution in [0.2, 0.25) is 0 Å². The second-order valence-corrected chi connectivity index (χ2v) is 4.24. The predicted octanol–water partition coefficient (Wildman–Crippen LogP) is 1.07. The third kappa shape index (κ3) is 2.67. The van der Waals surface area contributed by atoms with E-state index < -0.39 is 0 Å². The summed E-state index contributed by atoms with van der Waals surface area (Å²) in [5, 5.41) is 5.02. The Bertz CT molecular complexity index is 316. The van der Waals surface area contributed by atoms with Crippen molar-refractivity contribution in [3.8, 4) is 0 Å². The van der Waals surface area contributed by atoms with Crippen molar-refractivity contribution in [2.75, 3.05) is 13.6 Å². The van der Waals surface area contributed by atoms with Gasteiger partial charge in [-0.15, -0.1) is 0 Å². The van der Waals surface area contributed by atoms with Crippen LogP contribution in [0.4, 0.5) is 0 Å².